The Morgan fingerprint density at radius 2 is 2.21 bits per heavy atom. The molecule has 2 rings (SSSR count). The van der Waals surface area contributed by atoms with Crippen molar-refractivity contribution in [2.45, 2.75) is 6.42 Å². The molecule has 1 amide bonds. The summed E-state index contributed by atoms with van der Waals surface area (Å²) in [5, 5.41) is 9.58. The van der Waals surface area contributed by atoms with E-state index in [4.69, 9.17) is 0 Å². The molecule has 1 fully saturated rings. The normalized spacial score (nSPS) is 18.4. The van der Waals surface area contributed by atoms with Crippen LogP contribution in [0.4, 0.5) is 4.39 Å². The lowest BCUT2D eigenvalue weighted by molar-refractivity contribution is -0.144. The van der Waals surface area contributed by atoms with Gasteiger partial charge in [-0.1, -0.05) is 0 Å². The average Bonchev–Trinajstić information content (AvgIpc) is 2.89. The summed E-state index contributed by atoms with van der Waals surface area (Å²) < 4.78 is 17.7. The summed E-state index contributed by atoms with van der Waals surface area (Å²) in [6.07, 6.45) is 0.508. The molecule has 1 N–H and O–H groups in total. The third kappa shape index (κ3) is 2.67. The number of ether oxygens (including phenoxy) is 1. The number of benzene rings is 1. The number of nitrogens with zero attached hydrogens (tertiary/aromatic N) is 1. The smallest absolute Gasteiger partial charge is 0.310 e. The molecule has 0 aliphatic carbocycles. The Morgan fingerprint density at radius 3 is 2.89 bits per heavy atom. The van der Waals surface area contributed by atoms with Crippen molar-refractivity contribution in [3.63, 3.8) is 0 Å². The van der Waals surface area contributed by atoms with E-state index in [1.165, 1.54) is 12.0 Å². The van der Waals surface area contributed by atoms with E-state index in [0.29, 0.717) is 13.0 Å². The van der Waals surface area contributed by atoms with Crippen LogP contribution in [0.2, 0.25) is 0 Å². The minimum absolute atomic E-state index is 0.0921. The first-order valence-corrected chi connectivity index (χ1v) is 5.88. The van der Waals surface area contributed by atoms with Gasteiger partial charge in [-0.2, -0.15) is 0 Å². The lowest BCUT2D eigenvalue weighted by Gasteiger charge is -2.16. The zero-order valence-corrected chi connectivity index (χ0v) is 10.4. The van der Waals surface area contributed by atoms with Crippen molar-refractivity contribution in [1.29, 1.82) is 0 Å². The number of carbonyl (C=O) groups excluding carboxylic acids is 2. The molecule has 6 heteroatoms. The molecule has 0 saturated carbocycles. The number of amides is 1. The maximum Gasteiger partial charge on any atom is 0.310 e. The second-order valence-electron chi connectivity index (χ2n) is 4.42. The summed E-state index contributed by atoms with van der Waals surface area (Å²) >= 11 is 0. The number of esters is 1. The van der Waals surface area contributed by atoms with Gasteiger partial charge in [0.05, 0.1) is 18.6 Å². The number of halogens is 1. The van der Waals surface area contributed by atoms with Gasteiger partial charge in [-0.05, 0) is 24.6 Å². The van der Waals surface area contributed by atoms with E-state index in [0.717, 1.165) is 18.2 Å². The molecule has 1 saturated heterocycles. The van der Waals surface area contributed by atoms with Gasteiger partial charge in [0.25, 0.3) is 5.91 Å². The van der Waals surface area contributed by atoms with Gasteiger partial charge in [0, 0.05) is 13.1 Å². The van der Waals surface area contributed by atoms with Crippen molar-refractivity contribution in [1.82, 2.24) is 4.90 Å². The highest BCUT2D eigenvalue weighted by molar-refractivity contribution is 5.97. The standard InChI is InChI=1S/C13H14FNO4/c1-19-13(18)8-4-5-15(7-8)12(17)10-6-9(14)2-3-11(10)16/h2-3,6,8,16H,4-5,7H2,1H3. The lowest BCUT2D eigenvalue weighted by atomic mass is 10.1. The molecule has 1 aliphatic rings. The van der Waals surface area contributed by atoms with Gasteiger partial charge in [0.1, 0.15) is 11.6 Å². The van der Waals surface area contributed by atoms with Crippen molar-refractivity contribution < 1.29 is 23.8 Å². The fourth-order valence-corrected chi connectivity index (χ4v) is 2.15. The van der Waals surface area contributed by atoms with Crippen LogP contribution in [-0.4, -0.2) is 42.1 Å². The van der Waals surface area contributed by atoms with Crippen molar-refractivity contribution in [2.75, 3.05) is 20.2 Å². The van der Waals surface area contributed by atoms with Crippen LogP contribution >= 0.6 is 0 Å². The SMILES string of the molecule is COC(=O)C1CCN(C(=O)c2cc(F)ccc2O)C1. The summed E-state index contributed by atoms with van der Waals surface area (Å²) in [5.74, 6) is -2.07. The summed E-state index contributed by atoms with van der Waals surface area (Å²) in [4.78, 5) is 24.9. The predicted octanol–water partition coefficient (Wildman–Crippen LogP) is 1.17. The lowest BCUT2D eigenvalue weighted by Crippen LogP contribution is -2.30. The molecule has 1 unspecified atom stereocenters. The van der Waals surface area contributed by atoms with Crippen LogP contribution in [0.25, 0.3) is 0 Å². The number of phenols is 1. The second kappa shape index (κ2) is 5.26. The van der Waals surface area contributed by atoms with Gasteiger partial charge in [-0.15, -0.1) is 0 Å². The summed E-state index contributed by atoms with van der Waals surface area (Å²) in [7, 11) is 1.30. The number of hydrogen-bond donors (Lipinski definition) is 1. The van der Waals surface area contributed by atoms with Crippen molar-refractivity contribution in [2.24, 2.45) is 5.92 Å². The maximum atomic E-state index is 13.1. The van der Waals surface area contributed by atoms with Crippen LogP contribution in [0, 0.1) is 11.7 Å². The summed E-state index contributed by atoms with van der Waals surface area (Å²) in [5.41, 5.74) is -0.0921. The number of hydrogen-bond acceptors (Lipinski definition) is 4. The molecular weight excluding hydrogens is 253 g/mol. The first kappa shape index (κ1) is 13.3. The van der Waals surface area contributed by atoms with Crippen LogP contribution < -0.4 is 0 Å². The van der Waals surface area contributed by atoms with Gasteiger partial charge in [0.2, 0.25) is 0 Å². The van der Waals surface area contributed by atoms with E-state index in [1.54, 1.807) is 0 Å². The Kier molecular flexibility index (Phi) is 3.69. The van der Waals surface area contributed by atoms with Gasteiger partial charge in [0.15, 0.2) is 0 Å². The first-order valence-electron chi connectivity index (χ1n) is 5.88. The van der Waals surface area contributed by atoms with E-state index in [-0.39, 0.29) is 29.7 Å². The molecule has 1 aliphatic heterocycles. The maximum absolute atomic E-state index is 13.1. The van der Waals surface area contributed by atoms with Gasteiger partial charge >= 0.3 is 5.97 Å². The van der Waals surface area contributed by atoms with Crippen molar-refractivity contribution in [3.8, 4) is 5.75 Å². The van der Waals surface area contributed by atoms with E-state index in [1.807, 2.05) is 0 Å². The zero-order valence-electron chi connectivity index (χ0n) is 10.4. The highest BCUT2D eigenvalue weighted by Gasteiger charge is 2.32. The molecule has 1 aromatic rings. The highest BCUT2D eigenvalue weighted by atomic mass is 19.1. The van der Waals surface area contributed by atoms with Crippen LogP contribution in [0.5, 0.6) is 5.75 Å². The van der Waals surface area contributed by atoms with Gasteiger partial charge < -0.3 is 14.7 Å². The minimum Gasteiger partial charge on any atom is -0.507 e. The summed E-state index contributed by atoms with van der Waals surface area (Å²) in [6, 6.07) is 3.20. The number of aromatic hydroxyl groups is 1. The van der Waals surface area contributed by atoms with Crippen molar-refractivity contribution in [3.05, 3.63) is 29.6 Å². The number of methoxy groups -OCH3 is 1. The first-order chi connectivity index (χ1) is 9.02. The third-order valence-electron chi connectivity index (χ3n) is 3.20. The number of carbonyl (C=O) groups is 2. The molecule has 0 aromatic heterocycles. The monoisotopic (exact) mass is 267 g/mol. The van der Waals surface area contributed by atoms with Crippen LogP contribution in [0.15, 0.2) is 18.2 Å². The van der Waals surface area contributed by atoms with E-state index in [2.05, 4.69) is 4.74 Å². The molecular formula is C13H14FNO4. The number of rotatable bonds is 2. The molecule has 1 atom stereocenters. The highest BCUT2D eigenvalue weighted by Crippen LogP contribution is 2.24. The van der Waals surface area contributed by atoms with Gasteiger partial charge in [-0.3, -0.25) is 9.59 Å². The fraction of sp³-hybridized carbons (Fsp3) is 0.385. The van der Waals surface area contributed by atoms with E-state index >= 15 is 0 Å². The Bertz CT molecular complexity index is 517. The second-order valence-corrected chi connectivity index (χ2v) is 4.42. The molecule has 5 nitrogen and oxygen atoms in total. The molecule has 0 bridgehead atoms. The average molecular weight is 267 g/mol. The van der Waals surface area contributed by atoms with E-state index in [9.17, 15) is 19.1 Å². The quantitative estimate of drug-likeness (QED) is 0.817. The van der Waals surface area contributed by atoms with Crippen LogP contribution in [0.3, 0.4) is 0 Å². The number of likely N-dealkylation sites (tertiary alicyclic amines) is 1. The molecule has 0 spiro atoms. The van der Waals surface area contributed by atoms with Crippen molar-refractivity contribution >= 4 is 11.9 Å². The molecule has 1 aromatic carbocycles. The zero-order chi connectivity index (χ0) is 14.0. The summed E-state index contributed by atoms with van der Waals surface area (Å²) in [6.45, 7) is 0.607. The fourth-order valence-electron chi connectivity index (χ4n) is 2.15. The Morgan fingerprint density at radius 1 is 1.47 bits per heavy atom. The Balaban J connectivity index is 2.13. The van der Waals surface area contributed by atoms with Crippen LogP contribution in [0.1, 0.15) is 16.8 Å². The molecule has 1 heterocycles. The van der Waals surface area contributed by atoms with E-state index < -0.39 is 11.7 Å². The molecule has 0 radical (unpaired) electrons. The van der Waals surface area contributed by atoms with Crippen LogP contribution in [-0.2, 0) is 9.53 Å². The Hall–Kier alpha value is -2.11. The predicted molar refractivity (Wildman–Crippen MR) is 64.1 cm³/mol. The molecule has 19 heavy (non-hydrogen) atoms. The third-order valence-corrected chi connectivity index (χ3v) is 3.20. The molecule has 102 valence electrons. The minimum atomic E-state index is -0.593. The topological polar surface area (TPSA) is 66.8 Å². The Labute approximate surface area is 109 Å². The van der Waals surface area contributed by atoms with Gasteiger partial charge in [-0.25, -0.2) is 4.39 Å². The largest absolute Gasteiger partial charge is 0.507 e. The number of phenolic OH excluding ortho intramolecular Hbond substituents is 1.